The van der Waals surface area contributed by atoms with Gasteiger partial charge in [-0.25, -0.2) is 4.98 Å². The summed E-state index contributed by atoms with van der Waals surface area (Å²) in [6.07, 6.45) is 5.35. The monoisotopic (exact) mass is 238 g/mol. The third kappa shape index (κ3) is 2.35. The van der Waals surface area contributed by atoms with Gasteiger partial charge in [0.25, 0.3) is 5.91 Å². The van der Waals surface area contributed by atoms with Crippen molar-refractivity contribution in [3.63, 3.8) is 0 Å². The van der Waals surface area contributed by atoms with E-state index in [4.69, 9.17) is 11.6 Å². The summed E-state index contributed by atoms with van der Waals surface area (Å²) in [5.41, 5.74) is 0.492. The first-order valence-corrected chi connectivity index (χ1v) is 5.92. The van der Waals surface area contributed by atoms with Gasteiger partial charge in [0.05, 0.1) is 5.56 Å². The number of aromatic nitrogens is 1. The minimum Gasteiger partial charge on any atom is -0.341 e. The lowest BCUT2D eigenvalue weighted by molar-refractivity contribution is 0.0745. The molecule has 0 unspecified atom stereocenters. The Labute approximate surface area is 100 Å². The van der Waals surface area contributed by atoms with E-state index < -0.39 is 0 Å². The zero-order valence-corrected chi connectivity index (χ0v) is 10.1. The van der Waals surface area contributed by atoms with Gasteiger partial charge in [-0.15, -0.1) is 0 Å². The fourth-order valence-corrected chi connectivity index (χ4v) is 2.10. The highest BCUT2D eigenvalue weighted by molar-refractivity contribution is 6.32. The predicted molar refractivity (Wildman–Crippen MR) is 63.5 cm³/mol. The molecule has 1 saturated carbocycles. The van der Waals surface area contributed by atoms with E-state index in [1.54, 1.807) is 23.2 Å². The van der Waals surface area contributed by atoms with Crippen molar-refractivity contribution in [2.75, 3.05) is 13.6 Å². The molecular weight excluding hydrogens is 224 g/mol. The summed E-state index contributed by atoms with van der Waals surface area (Å²) < 4.78 is 0. The van der Waals surface area contributed by atoms with Gasteiger partial charge in [-0.2, -0.15) is 0 Å². The number of rotatable bonds is 3. The van der Waals surface area contributed by atoms with E-state index in [1.807, 2.05) is 7.05 Å². The minimum absolute atomic E-state index is 0.0370. The molecular formula is C12H15ClN2O. The van der Waals surface area contributed by atoms with E-state index in [9.17, 15) is 4.79 Å². The molecule has 3 nitrogen and oxygen atoms in total. The van der Waals surface area contributed by atoms with E-state index >= 15 is 0 Å². The van der Waals surface area contributed by atoms with Crippen molar-refractivity contribution in [3.8, 4) is 0 Å². The van der Waals surface area contributed by atoms with Gasteiger partial charge in [0, 0.05) is 19.8 Å². The predicted octanol–water partition coefficient (Wildman–Crippen LogP) is 2.61. The first-order valence-electron chi connectivity index (χ1n) is 5.54. The quantitative estimate of drug-likeness (QED) is 0.759. The molecule has 1 aliphatic carbocycles. The highest BCUT2D eigenvalue weighted by atomic mass is 35.5. The molecule has 1 heterocycles. The fourth-order valence-electron chi connectivity index (χ4n) is 1.90. The molecule has 4 heteroatoms. The number of halogens is 1. The van der Waals surface area contributed by atoms with Crippen molar-refractivity contribution in [1.29, 1.82) is 0 Å². The largest absolute Gasteiger partial charge is 0.341 e. The minimum atomic E-state index is -0.0370. The van der Waals surface area contributed by atoms with Gasteiger partial charge in [-0.1, -0.05) is 18.0 Å². The van der Waals surface area contributed by atoms with Crippen molar-refractivity contribution < 1.29 is 4.79 Å². The van der Waals surface area contributed by atoms with E-state index in [0.29, 0.717) is 11.5 Å². The average Bonchev–Trinajstić information content (AvgIpc) is 2.23. The van der Waals surface area contributed by atoms with Crippen LogP contribution in [0.2, 0.25) is 5.15 Å². The summed E-state index contributed by atoms with van der Waals surface area (Å²) in [5.74, 6) is 0.634. The summed E-state index contributed by atoms with van der Waals surface area (Å²) in [6.45, 7) is 0.823. The molecule has 16 heavy (non-hydrogen) atoms. The first kappa shape index (κ1) is 11.4. The van der Waals surface area contributed by atoms with Gasteiger partial charge in [0.2, 0.25) is 0 Å². The van der Waals surface area contributed by atoms with Crippen molar-refractivity contribution in [1.82, 2.24) is 9.88 Å². The lowest BCUT2D eigenvalue weighted by Crippen LogP contribution is -2.34. The molecule has 1 amide bonds. The normalized spacial score (nSPS) is 15.6. The number of hydrogen-bond acceptors (Lipinski definition) is 2. The van der Waals surface area contributed by atoms with Gasteiger partial charge in [-0.05, 0) is 30.9 Å². The summed E-state index contributed by atoms with van der Waals surface area (Å²) in [4.78, 5) is 17.7. The topological polar surface area (TPSA) is 33.2 Å². The number of carbonyl (C=O) groups excluding carboxylic acids is 1. The summed E-state index contributed by atoms with van der Waals surface area (Å²) in [6, 6.07) is 3.45. The highest BCUT2D eigenvalue weighted by Gasteiger charge is 2.23. The number of carbonyl (C=O) groups is 1. The van der Waals surface area contributed by atoms with E-state index in [2.05, 4.69) is 4.98 Å². The second-order valence-corrected chi connectivity index (χ2v) is 4.68. The van der Waals surface area contributed by atoms with Crippen LogP contribution in [0.5, 0.6) is 0 Å². The molecule has 1 fully saturated rings. The van der Waals surface area contributed by atoms with Gasteiger partial charge in [-0.3, -0.25) is 4.79 Å². The third-order valence-electron chi connectivity index (χ3n) is 3.09. The number of amides is 1. The Kier molecular flexibility index (Phi) is 3.44. The molecule has 1 aromatic rings. The van der Waals surface area contributed by atoms with Crippen LogP contribution >= 0.6 is 11.6 Å². The van der Waals surface area contributed by atoms with Crippen LogP contribution in [0.4, 0.5) is 0 Å². The number of pyridine rings is 1. The second-order valence-electron chi connectivity index (χ2n) is 4.32. The summed E-state index contributed by atoms with van der Waals surface area (Å²) in [7, 11) is 1.82. The molecule has 2 rings (SSSR count). The molecule has 0 aromatic carbocycles. The Morgan fingerprint density at radius 1 is 1.62 bits per heavy atom. The maximum Gasteiger partial charge on any atom is 0.256 e. The Morgan fingerprint density at radius 2 is 2.38 bits per heavy atom. The van der Waals surface area contributed by atoms with Crippen LogP contribution in [-0.2, 0) is 0 Å². The smallest absolute Gasteiger partial charge is 0.256 e. The molecule has 0 spiro atoms. The lowest BCUT2D eigenvalue weighted by Gasteiger charge is -2.30. The number of hydrogen-bond donors (Lipinski definition) is 0. The van der Waals surface area contributed by atoms with Crippen molar-refractivity contribution in [3.05, 3.63) is 29.0 Å². The molecule has 0 N–H and O–H groups in total. The van der Waals surface area contributed by atoms with Gasteiger partial charge in [0.1, 0.15) is 5.15 Å². The molecule has 0 radical (unpaired) electrons. The number of nitrogens with zero attached hydrogens (tertiary/aromatic N) is 2. The molecule has 1 aliphatic rings. The van der Waals surface area contributed by atoms with Crippen molar-refractivity contribution >= 4 is 17.5 Å². The van der Waals surface area contributed by atoms with Crippen LogP contribution in [0.1, 0.15) is 29.6 Å². The van der Waals surface area contributed by atoms with Crippen LogP contribution in [0.3, 0.4) is 0 Å². The standard InChI is InChI=1S/C12H15ClN2O/c1-15(8-9-4-2-5-9)12(16)10-6-3-7-14-11(10)13/h3,6-7,9H,2,4-5,8H2,1H3. The molecule has 86 valence electrons. The maximum absolute atomic E-state index is 12.0. The van der Waals surface area contributed by atoms with Crippen LogP contribution in [0.25, 0.3) is 0 Å². The van der Waals surface area contributed by atoms with Gasteiger partial charge >= 0.3 is 0 Å². The molecule has 1 aromatic heterocycles. The Bertz CT molecular complexity index is 390. The molecule has 0 atom stereocenters. The zero-order chi connectivity index (χ0) is 11.5. The maximum atomic E-state index is 12.0. The van der Waals surface area contributed by atoms with Crippen LogP contribution < -0.4 is 0 Å². The average molecular weight is 239 g/mol. The fraction of sp³-hybridized carbons (Fsp3) is 0.500. The van der Waals surface area contributed by atoms with Crippen molar-refractivity contribution in [2.45, 2.75) is 19.3 Å². The molecule has 0 aliphatic heterocycles. The van der Waals surface area contributed by atoms with Gasteiger partial charge in [0.15, 0.2) is 0 Å². The van der Waals surface area contributed by atoms with Crippen LogP contribution in [0.15, 0.2) is 18.3 Å². The van der Waals surface area contributed by atoms with Gasteiger partial charge < -0.3 is 4.90 Å². The molecule has 0 saturated heterocycles. The Hall–Kier alpha value is -1.09. The summed E-state index contributed by atoms with van der Waals surface area (Å²) in [5, 5.41) is 0.285. The Morgan fingerprint density at radius 3 is 2.94 bits per heavy atom. The van der Waals surface area contributed by atoms with Crippen LogP contribution in [-0.4, -0.2) is 29.4 Å². The van der Waals surface area contributed by atoms with E-state index in [0.717, 1.165) is 6.54 Å². The highest BCUT2D eigenvalue weighted by Crippen LogP contribution is 2.27. The first-order chi connectivity index (χ1) is 7.68. The van der Waals surface area contributed by atoms with E-state index in [1.165, 1.54) is 19.3 Å². The van der Waals surface area contributed by atoms with Crippen molar-refractivity contribution in [2.24, 2.45) is 5.92 Å². The molecule has 0 bridgehead atoms. The van der Waals surface area contributed by atoms with Crippen LogP contribution in [0, 0.1) is 5.92 Å². The SMILES string of the molecule is CN(CC1CCC1)C(=O)c1cccnc1Cl. The zero-order valence-electron chi connectivity index (χ0n) is 9.32. The lowest BCUT2D eigenvalue weighted by atomic mass is 9.85. The third-order valence-corrected chi connectivity index (χ3v) is 3.39. The Balaban J connectivity index is 2.03. The van der Waals surface area contributed by atoms with E-state index in [-0.39, 0.29) is 11.1 Å². The summed E-state index contributed by atoms with van der Waals surface area (Å²) >= 11 is 5.89. The second kappa shape index (κ2) is 4.83.